The van der Waals surface area contributed by atoms with E-state index in [0.29, 0.717) is 23.6 Å². The number of aliphatic carboxylic acids is 1. The molecule has 2 unspecified atom stereocenters. The van der Waals surface area contributed by atoms with E-state index in [-0.39, 0.29) is 18.4 Å². The summed E-state index contributed by atoms with van der Waals surface area (Å²) in [5.41, 5.74) is 0. The molecule has 1 amide bonds. The number of halogens is 1. The molecule has 2 atom stereocenters. The van der Waals surface area contributed by atoms with Crippen LogP contribution in [0.2, 0.25) is 5.02 Å². The van der Waals surface area contributed by atoms with Crippen LogP contribution in [0.4, 0.5) is 0 Å². The van der Waals surface area contributed by atoms with Crippen molar-refractivity contribution in [2.24, 2.45) is 0 Å². The lowest BCUT2D eigenvalue weighted by atomic mass is 10.1. The average Bonchev–Trinajstić information content (AvgIpc) is 2.38. The molecule has 1 aromatic rings. The van der Waals surface area contributed by atoms with E-state index in [4.69, 9.17) is 21.4 Å². The molecule has 0 aliphatic heterocycles. The van der Waals surface area contributed by atoms with E-state index in [0.717, 1.165) is 0 Å². The Hall–Kier alpha value is -1.75. The molecule has 5 nitrogen and oxygen atoms in total. The first kappa shape index (κ1) is 17.3. The van der Waals surface area contributed by atoms with Crippen LogP contribution in [0.15, 0.2) is 24.3 Å². The van der Waals surface area contributed by atoms with Crippen molar-refractivity contribution in [3.63, 3.8) is 0 Å². The molecule has 0 fully saturated rings. The first-order valence-corrected chi connectivity index (χ1v) is 7.20. The Morgan fingerprint density at radius 1 is 1.38 bits per heavy atom. The van der Waals surface area contributed by atoms with Crippen molar-refractivity contribution in [3.05, 3.63) is 29.3 Å². The van der Waals surface area contributed by atoms with Crippen LogP contribution in [0.25, 0.3) is 0 Å². The van der Waals surface area contributed by atoms with Crippen molar-refractivity contribution in [1.29, 1.82) is 0 Å². The van der Waals surface area contributed by atoms with Crippen molar-refractivity contribution in [3.8, 4) is 5.75 Å². The Morgan fingerprint density at radius 3 is 2.71 bits per heavy atom. The van der Waals surface area contributed by atoms with Crippen LogP contribution >= 0.6 is 11.6 Å². The summed E-state index contributed by atoms with van der Waals surface area (Å²) >= 11 is 5.85. The number of benzene rings is 1. The topological polar surface area (TPSA) is 75.6 Å². The maximum atomic E-state index is 12.0. The van der Waals surface area contributed by atoms with Gasteiger partial charge in [-0.2, -0.15) is 0 Å². The molecular weight excluding hydrogens is 294 g/mol. The minimum atomic E-state index is -0.828. The maximum Gasteiger partial charge on any atom is 0.303 e. The van der Waals surface area contributed by atoms with Crippen molar-refractivity contribution < 1.29 is 19.4 Å². The monoisotopic (exact) mass is 313 g/mol. The Bertz CT molecular complexity index is 492. The van der Waals surface area contributed by atoms with Crippen LogP contribution in [0.3, 0.4) is 0 Å². The number of rotatable bonds is 8. The smallest absolute Gasteiger partial charge is 0.303 e. The number of hydrogen-bond acceptors (Lipinski definition) is 3. The van der Waals surface area contributed by atoms with Crippen LogP contribution in [-0.2, 0) is 9.59 Å². The number of ether oxygens (including phenoxy) is 1. The van der Waals surface area contributed by atoms with Gasteiger partial charge in [-0.05, 0) is 44.9 Å². The highest BCUT2D eigenvalue weighted by molar-refractivity contribution is 6.30. The van der Waals surface area contributed by atoms with Crippen molar-refractivity contribution in [2.45, 2.75) is 45.3 Å². The average molecular weight is 314 g/mol. The SMILES string of the molecule is CC(CCCC(=O)O)NC(=O)C(C)Oc1cccc(Cl)c1. The summed E-state index contributed by atoms with van der Waals surface area (Å²) in [4.78, 5) is 22.4. The predicted molar refractivity (Wildman–Crippen MR) is 80.6 cm³/mol. The van der Waals surface area contributed by atoms with E-state index < -0.39 is 12.1 Å². The molecule has 0 aliphatic carbocycles. The molecule has 0 radical (unpaired) electrons. The number of nitrogens with one attached hydrogen (secondary N) is 1. The first-order chi connectivity index (χ1) is 9.88. The molecule has 0 saturated carbocycles. The molecule has 0 aliphatic rings. The van der Waals surface area contributed by atoms with Gasteiger partial charge in [0.2, 0.25) is 0 Å². The molecule has 2 N–H and O–H groups in total. The third-order valence-electron chi connectivity index (χ3n) is 2.89. The Balaban J connectivity index is 2.38. The highest BCUT2D eigenvalue weighted by atomic mass is 35.5. The molecule has 21 heavy (non-hydrogen) atoms. The Morgan fingerprint density at radius 2 is 2.10 bits per heavy atom. The van der Waals surface area contributed by atoms with Crippen LogP contribution in [0.1, 0.15) is 33.1 Å². The molecule has 0 aromatic heterocycles. The lowest BCUT2D eigenvalue weighted by Gasteiger charge is -2.18. The lowest BCUT2D eigenvalue weighted by molar-refractivity contribution is -0.137. The van der Waals surface area contributed by atoms with Gasteiger partial charge in [-0.1, -0.05) is 17.7 Å². The van der Waals surface area contributed by atoms with Crippen LogP contribution in [0.5, 0.6) is 5.75 Å². The molecule has 0 saturated heterocycles. The fourth-order valence-electron chi connectivity index (χ4n) is 1.79. The maximum absolute atomic E-state index is 12.0. The summed E-state index contributed by atoms with van der Waals surface area (Å²) in [6, 6.07) is 6.75. The second kappa shape index (κ2) is 8.52. The molecule has 0 bridgehead atoms. The van der Waals surface area contributed by atoms with Crippen molar-refractivity contribution >= 4 is 23.5 Å². The predicted octanol–water partition coefficient (Wildman–Crippen LogP) is 2.87. The number of carboxylic acid groups (broad SMARTS) is 1. The van der Waals surface area contributed by atoms with Crippen molar-refractivity contribution in [1.82, 2.24) is 5.32 Å². The lowest BCUT2D eigenvalue weighted by Crippen LogP contribution is -2.41. The summed E-state index contributed by atoms with van der Waals surface area (Å²) in [7, 11) is 0. The van der Waals surface area contributed by atoms with E-state index in [1.807, 2.05) is 6.92 Å². The zero-order valence-electron chi connectivity index (χ0n) is 12.1. The Labute approximate surface area is 129 Å². The molecule has 1 aromatic carbocycles. The highest BCUT2D eigenvalue weighted by Crippen LogP contribution is 2.18. The summed E-state index contributed by atoms with van der Waals surface area (Å²) in [5, 5.41) is 11.9. The Kier molecular flexibility index (Phi) is 7.02. The first-order valence-electron chi connectivity index (χ1n) is 6.83. The quantitative estimate of drug-likeness (QED) is 0.774. The molecular formula is C15H20ClNO4. The van der Waals surface area contributed by atoms with Gasteiger partial charge in [0.15, 0.2) is 6.10 Å². The fourth-order valence-corrected chi connectivity index (χ4v) is 1.97. The van der Waals surface area contributed by atoms with E-state index in [1.54, 1.807) is 31.2 Å². The van der Waals surface area contributed by atoms with Crippen molar-refractivity contribution in [2.75, 3.05) is 0 Å². The molecule has 0 spiro atoms. The number of hydrogen-bond donors (Lipinski definition) is 2. The highest BCUT2D eigenvalue weighted by Gasteiger charge is 2.17. The number of carboxylic acids is 1. The summed E-state index contributed by atoms with van der Waals surface area (Å²) < 4.78 is 5.51. The zero-order chi connectivity index (χ0) is 15.8. The second-order valence-corrected chi connectivity index (χ2v) is 5.35. The largest absolute Gasteiger partial charge is 0.481 e. The number of amides is 1. The van der Waals surface area contributed by atoms with Crippen LogP contribution < -0.4 is 10.1 Å². The van der Waals surface area contributed by atoms with Gasteiger partial charge in [0.05, 0.1) is 0 Å². The zero-order valence-corrected chi connectivity index (χ0v) is 12.9. The standard InChI is InChI=1S/C15H20ClNO4/c1-10(5-3-8-14(18)19)17-15(20)11(2)21-13-7-4-6-12(16)9-13/h4,6-7,9-11H,3,5,8H2,1-2H3,(H,17,20)(H,18,19). The molecule has 6 heteroatoms. The van der Waals surface area contributed by atoms with E-state index >= 15 is 0 Å². The summed E-state index contributed by atoms with van der Waals surface area (Å²) in [6.07, 6.45) is 0.599. The fraction of sp³-hybridized carbons (Fsp3) is 0.467. The molecule has 0 heterocycles. The van der Waals surface area contributed by atoms with Gasteiger partial charge < -0.3 is 15.2 Å². The third-order valence-corrected chi connectivity index (χ3v) is 3.13. The summed E-state index contributed by atoms with van der Waals surface area (Å²) in [5.74, 6) is -0.535. The van der Waals surface area contributed by atoms with Gasteiger partial charge in [0, 0.05) is 17.5 Å². The third kappa shape index (κ3) is 6.99. The minimum Gasteiger partial charge on any atom is -0.481 e. The van der Waals surface area contributed by atoms with E-state index in [9.17, 15) is 9.59 Å². The van der Waals surface area contributed by atoms with Gasteiger partial charge in [-0.3, -0.25) is 9.59 Å². The van der Waals surface area contributed by atoms with Gasteiger partial charge >= 0.3 is 5.97 Å². The van der Waals surface area contributed by atoms with Gasteiger partial charge in [0.1, 0.15) is 5.75 Å². The van der Waals surface area contributed by atoms with E-state index in [2.05, 4.69) is 5.32 Å². The second-order valence-electron chi connectivity index (χ2n) is 4.91. The van der Waals surface area contributed by atoms with Crippen LogP contribution in [-0.4, -0.2) is 29.1 Å². The van der Waals surface area contributed by atoms with Gasteiger partial charge in [0.25, 0.3) is 5.91 Å². The normalized spacial score (nSPS) is 13.3. The number of carbonyl (C=O) groups is 2. The van der Waals surface area contributed by atoms with E-state index in [1.165, 1.54) is 0 Å². The molecule has 116 valence electrons. The van der Waals surface area contributed by atoms with Crippen LogP contribution in [0, 0.1) is 0 Å². The number of carbonyl (C=O) groups excluding carboxylic acids is 1. The van der Waals surface area contributed by atoms with Gasteiger partial charge in [-0.15, -0.1) is 0 Å². The minimum absolute atomic E-state index is 0.0951. The molecule has 1 rings (SSSR count). The summed E-state index contributed by atoms with van der Waals surface area (Å²) in [6.45, 7) is 3.49. The van der Waals surface area contributed by atoms with Gasteiger partial charge in [-0.25, -0.2) is 0 Å².